The Bertz CT molecular complexity index is 918. The Morgan fingerprint density at radius 2 is 1.15 bits per heavy atom. The maximum atomic E-state index is 10.1. The summed E-state index contributed by atoms with van der Waals surface area (Å²) in [6.45, 7) is 2.42. The Balaban J connectivity index is 0.000000349. The summed E-state index contributed by atoms with van der Waals surface area (Å²) in [6.07, 6.45) is 4.03. The van der Waals surface area contributed by atoms with Crippen molar-refractivity contribution in [1.82, 2.24) is 4.58 Å². The highest BCUT2D eigenvalue weighted by molar-refractivity contribution is 7.80. The Morgan fingerprint density at radius 3 is 1.54 bits per heavy atom. The molecule has 26 heavy (non-hydrogen) atoms. The van der Waals surface area contributed by atoms with E-state index in [0.29, 0.717) is 0 Å². The van der Waals surface area contributed by atoms with Gasteiger partial charge in [0.25, 0.3) is 10.5 Å². The molecule has 0 amide bonds. The average molecular weight is 373 g/mol. The van der Waals surface area contributed by atoms with Crippen LogP contribution in [0.1, 0.15) is 19.3 Å². The molecule has 0 unspecified atom stereocenters. The van der Waals surface area contributed by atoms with Gasteiger partial charge in [0.2, 0.25) is 5.36 Å². The van der Waals surface area contributed by atoms with E-state index < -0.39 is 10.5 Å². The molecule has 0 aromatic heterocycles. The molecule has 136 valence electrons. The lowest BCUT2D eigenvalue weighted by atomic mass is 10.1. The number of hydrogen-bond donors (Lipinski definition) is 0. The van der Waals surface area contributed by atoms with Crippen LogP contribution in [-0.4, -0.2) is 26.1 Å². The molecule has 6 heteroatoms. The number of hydrogen-bond acceptors (Lipinski definition) is 3. The number of halogens is 1. The monoisotopic (exact) mass is 373 g/mol. The van der Waals surface area contributed by atoms with E-state index in [1.54, 1.807) is 0 Å². The van der Waals surface area contributed by atoms with E-state index in [1.165, 1.54) is 60.0 Å². The predicted octanol–water partition coefficient (Wildman–Crippen LogP) is 3.27. The van der Waals surface area contributed by atoms with Gasteiger partial charge in [0.15, 0.2) is 0 Å². The molecule has 1 saturated heterocycles. The van der Waals surface area contributed by atoms with Gasteiger partial charge in [-0.15, -0.1) is 3.89 Å². The van der Waals surface area contributed by atoms with Crippen LogP contribution in [0, 0.1) is 0 Å². The second kappa shape index (κ2) is 7.93. The van der Waals surface area contributed by atoms with Gasteiger partial charge in [-0.25, -0.2) is 13.0 Å². The van der Waals surface area contributed by atoms with E-state index in [1.807, 2.05) is 0 Å². The van der Waals surface area contributed by atoms with Gasteiger partial charge >= 0.3 is 0 Å². The predicted molar refractivity (Wildman–Crippen MR) is 99.3 cm³/mol. The van der Waals surface area contributed by atoms with Gasteiger partial charge in [0, 0.05) is 12.8 Å². The molecule has 4 rings (SSSR count). The number of nitrogens with zero attached hydrogens (tertiary/aromatic N) is 1. The molecule has 3 aromatic carbocycles. The van der Waals surface area contributed by atoms with E-state index in [4.69, 9.17) is 13.0 Å². The molecule has 0 N–H and O–H groups in total. The van der Waals surface area contributed by atoms with Crippen molar-refractivity contribution >= 4 is 10.5 Å². The lowest BCUT2D eigenvalue weighted by molar-refractivity contribution is 0.417. The van der Waals surface area contributed by atoms with Crippen molar-refractivity contribution < 1.29 is 16.9 Å². The Hall–Kier alpha value is -2.31. The third-order valence-corrected chi connectivity index (χ3v) is 4.46. The zero-order valence-corrected chi connectivity index (χ0v) is 15.1. The minimum atomic E-state index is -5.42. The van der Waals surface area contributed by atoms with Crippen LogP contribution >= 0.6 is 0 Å². The first-order valence-corrected chi connectivity index (χ1v) is 9.89. The fraction of sp³-hybridized carbons (Fsp3) is 0.250. The number of benzene rings is 2. The van der Waals surface area contributed by atoms with Crippen molar-refractivity contribution in [2.24, 2.45) is 0 Å². The third kappa shape index (κ3) is 4.86. The smallest absolute Gasteiger partial charge is 0.255 e. The van der Waals surface area contributed by atoms with Crippen molar-refractivity contribution in [2.75, 3.05) is 13.1 Å². The standard InChI is InChI=1S/C20H20N.FHO3S/c1-4-10-16(11-5-1)18-19(17-12-6-2-7-13-17)20(18)21-14-8-3-9-15-21;1-5(2,3)4/h1-2,4-7,10-13H,3,8-9,14-15H2;(H,2,3,4)/q+1;/p-1. The summed E-state index contributed by atoms with van der Waals surface area (Å²) in [5, 5.41) is 1.49. The molecule has 1 aliphatic rings. The molecule has 0 saturated carbocycles. The summed E-state index contributed by atoms with van der Waals surface area (Å²) >= 11 is 0. The molecular weight excluding hydrogens is 353 g/mol. The first kappa shape index (κ1) is 18.5. The molecule has 1 fully saturated rings. The molecule has 4 nitrogen and oxygen atoms in total. The molecule has 0 spiro atoms. The minimum Gasteiger partial charge on any atom is -0.722 e. The fourth-order valence-corrected chi connectivity index (χ4v) is 3.38. The molecule has 1 heterocycles. The van der Waals surface area contributed by atoms with Gasteiger partial charge in [-0.2, -0.15) is 0 Å². The van der Waals surface area contributed by atoms with E-state index >= 15 is 0 Å². The molecule has 3 aromatic rings. The van der Waals surface area contributed by atoms with Gasteiger partial charge in [0.05, 0.1) is 11.1 Å². The summed E-state index contributed by atoms with van der Waals surface area (Å²) in [4.78, 5) is 0. The van der Waals surface area contributed by atoms with Crippen molar-refractivity contribution in [1.29, 1.82) is 0 Å². The van der Waals surface area contributed by atoms with Crippen LogP contribution < -0.4 is 9.93 Å². The van der Waals surface area contributed by atoms with Crippen LogP contribution in [0.25, 0.3) is 22.3 Å². The van der Waals surface area contributed by atoms with E-state index in [0.717, 1.165) is 0 Å². The second-order valence-electron chi connectivity index (χ2n) is 6.27. The molecule has 0 aliphatic carbocycles. The topological polar surface area (TPSA) is 60.2 Å². The van der Waals surface area contributed by atoms with Gasteiger partial charge in [-0.1, -0.05) is 60.7 Å². The van der Waals surface area contributed by atoms with Crippen LogP contribution in [0.2, 0.25) is 0 Å². The maximum Gasteiger partial charge on any atom is 0.255 e. The highest BCUT2D eigenvalue weighted by Crippen LogP contribution is 2.34. The first-order valence-electron chi connectivity index (χ1n) is 8.58. The Kier molecular flexibility index (Phi) is 5.64. The van der Waals surface area contributed by atoms with Crippen molar-refractivity contribution in [2.45, 2.75) is 19.3 Å². The third-order valence-electron chi connectivity index (χ3n) is 4.46. The van der Waals surface area contributed by atoms with Crippen LogP contribution in [-0.2, 0) is 10.5 Å². The van der Waals surface area contributed by atoms with Crippen molar-refractivity contribution in [3.05, 3.63) is 66.0 Å². The van der Waals surface area contributed by atoms with Crippen molar-refractivity contribution in [3.8, 4) is 22.3 Å². The Morgan fingerprint density at radius 1 is 0.769 bits per heavy atom. The highest BCUT2D eigenvalue weighted by Gasteiger charge is 2.31. The van der Waals surface area contributed by atoms with Gasteiger partial charge < -0.3 is 4.55 Å². The number of piperidine rings is 1. The normalized spacial score (nSPS) is 14.8. The van der Waals surface area contributed by atoms with E-state index in [-0.39, 0.29) is 0 Å². The molecule has 0 radical (unpaired) electrons. The lowest BCUT2D eigenvalue weighted by Gasteiger charge is -2.07. The molecular formula is C20H20FNO3S. The summed E-state index contributed by atoms with van der Waals surface area (Å²) in [6, 6.07) is 21.7. The first-order chi connectivity index (χ1) is 12.4. The van der Waals surface area contributed by atoms with Crippen LogP contribution in [0.15, 0.2) is 60.7 Å². The van der Waals surface area contributed by atoms with E-state index in [2.05, 4.69) is 65.2 Å². The average Bonchev–Trinajstić information content (AvgIpc) is 3.38. The number of rotatable bonds is 2. The van der Waals surface area contributed by atoms with E-state index in [9.17, 15) is 3.89 Å². The van der Waals surface area contributed by atoms with Crippen LogP contribution in [0.4, 0.5) is 3.89 Å². The lowest BCUT2D eigenvalue weighted by Crippen LogP contribution is -2.31. The zero-order valence-electron chi connectivity index (χ0n) is 14.3. The van der Waals surface area contributed by atoms with Crippen LogP contribution in [0.3, 0.4) is 0 Å². The summed E-state index contributed by atoms with van der Waals surface area (Å²) < 4.78 is 37.9. The second-order valence-corrected chi connectivity index (χ2v) is 7.06. The SMILES string of the molecule is O=S(=O)([O-])F.c1ccc(-c2c(-c3ccccc3)c2=[N+]2CCCCC2)cc1. The highest BCUT2D eigenvalue weighted by atomic mass is 32.3. The Labute approximate surface area is 153 Å². The van der Waals surface area contributed by atoms with Crippen molar-refractivity contribution in [3.63, 3.8) is 0 Å². The largest absolute Gasteiger partial charge is 0.722 e. The molecule has 0 atom stereocenters. The van der Waals surface area contributed by atoms with Gasteiger partial charge in [-0.3, -0.25) is 0 Å². The molecule has 1 aliphatic heterocycles. The summed E-state index contributed by atoms with van der Waals surface area (Å²) in [5.74, 6) is 0. The minimum absolute atomic E-state index is 1.21. The van der Waals surface area contributed by atoms with Gasteiger partial charge in [-0.05, 0) is 17.5 Å². The molecule has 0 bridgehead atoms. The van der Waals surface area contributed by atoms with Crippen LogP contribution in [0.5, 0.6) is 0 Å². The van der Waals surface area contributed by atoms with Gasteiger partial charge in [0.1, 0.15) is 13.1 Å². The quantitative estimate of drug-likeness (QED) is 0.393. The maximum absolute atomic E-state index is 10.1. The fourth-order valence-electron chi connectivity index (χ4n) is 3.38. The summed E-state index contributed by atoms with van der Waals surface area (Å²) in [7, 11) is -5.42. The summed E-state index contributed by atoms with van der Waals surface area (Å²) in [5.41, 5.74) is 5.64. The zero-order chi connectivity index (χ0) is 18.6.